The SMILES string of the molecule is NC(=O)C(C1=NCCN(C=O)C1)=C(N)c1ccc(F)c(Cl)c1. The van der Waals surface area contributed by atoms with E-state index in [1.54, 1.807) is 0 Å². The van der Waals surface area contributed by atoms with Crippen molar-refractivity contribution < 1.29 is 14.0 Å². The first-order chi connectivity index (χ1) is 10.4. The zero-order chi connectivity index (χ0) is 16.3. The van der Waals surface area contributed by atoms with Crippen molar-refractivity contribution in [2.75, 3.05) is 19.6 Å². The van der Waals surface area contributed by atoms with E-state index in [1.165, 1.54) is 17.0 Å². The molecule has 0 bridgehead atoms. The van der Waals surface area contributed by atoms with Crippen LogP contribution in [0.3, 0.4) is 0 Å². The van der Waals surface area contributed by atoms with Crippen LogP contribution in [0.1, 0.15) is 5.56 Å². The summed E-state index contributed by atoms with van der Waals surface area (Å²) in [4.78, 5) is 28.3. The number of hydrogen-bond acceptors (Lipinski definition) is 4. The third kappa shape index (κ3) is 3.25. The molecule has 0 unspecified atom stereocenters. The summed E-state index contributed by atoms with van der Waals surface area (Å²) < 4.78 is 13.2. The number of aliphatic imine (C=N–C) groups is 1. The molecule has 1 aliphatic heterocycles. The van der Waals surface area contributed by atoms with Gasteiger partial charge in [0.05, 0.1) is 35.1 Å². The Morgan fingerprint density at radius 2 is 2.14 bits per heavy atom. The van der Waals surface area contributed by atoms with Gasteiger partial charge < -0.3 is 16.4 Å². The van der Waals surface area contributed by atoms with Crippen LogP contribution in [0.25, 0.3) is 5.70 Å². The lowest BCUT2D eigenvalue weighted by Gasteiger charge is -2.23. The monoisotopic (exact) mass is 324 g/mol. The second-order valence-corrected chi connectivity index (χ2v) is 5.09. The first-order valence-electron chi connectivity index (χ1n) is 6.42. The predicted octanol–water partition coefficient (Wildman–Crippen LogP) is 0.547. The fourth-order valence-corrected chi connectivity index (χ4v) is 2.30. The Hall–Kier alpha value is -2.41. The quantitative estimate of drug-likeness (QED) is 0.624. The van der Waals surface area contributed by atoms with Gasteiger partial charge in [-0.1, -0.05) is 11.6 Å². The molecule has 2 amide bonds. The fourth-order valence-electron chi connectivity index (χ4n) is 2.12. The maximum Gasteiger partial charge on any atom is 0.252 e. The second-order valence-electron chi connectivity index (χ2n) is 4.69. The highest BCUT2D eigenvalue weighted by atomic mass is 35.5. The molecule has 0 atom stereocenters. The van der Waals surface area contributed by atoms with Crippen LogP contribution in [-0.4, -0.2) is 42.6 Å². The average molecular weight is 325 g/mol. The molecule has 0 radical (unpaired) electrons. The second kappa shape index (κ2) is 6.57. The van der Waals surface area contributed by atoms with Crippen LogP contribution < -0.4 is 11.5 Å². The molecule has 1 aliphatic rings. The van der Waals surface area contributed by atoms with Gasteiger partial charge in [-0.15, -0.1) is 0 Å². The maximum atomic E-state index is 13.2. The van der Waals surface area contributed by atoms with Crippen molar-refractivity contribution in [1.29, 1.82) is 0 Å². The lowest BCUT2D eigenvalue weighted by Crippen LogP contribution is -2.39. The Bertz CT molecular complexity index is 687. The minimum absolute atomic E-state index is 0.00854. The van der Waals surface area contributed by atoms with Gasteiger partial charge in [-0.3, -0.25) is 14.6 Å². The number of nitrogens with zero attached hydrogens (tertiary/aromatic N) is 2. The van der Waals surface area contributed by atoms with Crippen LogP contribution in [0, 0.1) is 5.82 Å². The molecule has 4 N–H and O–H groups in total. The molecule has 116 valence electrons. The van der Waals surface area contributed by atoms with E-state index < -0.39 is 11.7 Å². The Kier molecular flexibility index (Phi) is 4.77. The summed E-state index contributed by atoms with van der Waals surface area (Å²) in [6.07, 6.45) is 0.665. The Morgan fingerprint density at radius 1 is 1.41 bits per heavy atom. The molecular weight excluding hydrogens is 311 g/mol. The van der Waals surface area contributed by atoms with Crippen molar-refractivity contribution in [3.8, 4) is 0 Å². The molecule has 1 aromatic rings. The van der Waals surface area contributed by atoms with E-state index in [0.29, 0.717) is 30.8 Å². The number of halogens is 2. The van der Waals surface area contributed by atoms with Gasteiger partial charge in [-0.25, -0.2) is 4.39 Å². The van der Waals surface area contributed by atoms with Crippen molar-refractivity contribution in [3.05, 3.63) is 40.2 Å². The van der Waals surface area contributed by atoms with Crippen molar-refractivity contribution in [2.45, 2.75) is 0 Å². The van der Waals surface area contributed by atoms with Gasteiger partial charge in [0.15, 0.2) is 0 Å². The summed E-state index contributed by atoms with van der Waals surface area (Å²) >= 11 is 5.72. The van der Waals surface area contributed by atoms with Crippen LogP contribution >= 0.6 is 11.6 Å². The third-order valence-corrected chi connectivity index (χ3v) is 3.52. The summed E-state index contributed by atoms with van der Waals surface area (Å²) in [5.74, 6) is -1.37. The number of benzene rings is 1. The molecular formula is C14H14ClFN4O2. The zero-order valence-electron chi connectivity index (χ0n) is 11.6. The molecule has 0 spiro atoms. The third-order valence-electron chi connectivity index (χ3n) is 3.23. The van der Waals surface area contributed by atoms with E-state index in [9.17, 15) is 14.0 Å². The van der Waals surface area contributed by atoms with Crippen molar-refractivity contribution >= 4 is 35.3 Å². The summed E-state index contributed by atoms with van der Waals surface area (Å²) in [6.45, 7) is 0.945. The number of primary amides is 1. The van der Waals surface area contributed by atoms with Gasteiger partial charge >= 0.3 is 0 Å². The molecule has 6 nitrogen and oxygen atoms in total. The summed E-state index contributed by atoms with van der Waals surface area (Å²) in [6, 6.07) is 3.83. The summed E-state index contributed by atoms with van der Waals surface area (Å²) in [5, 5.41) is -0.121. The Morgan fingerprint density at radius 3 is 2.73 bits per heavy atom. The number of rotatable bonds is 4. The molecule has 1 heterocycles. The predicted molar refractivity (Wildman–Crippen MR) is 81.7 cm³/mol. The van der Waals surface area contributed by atoms with Crippen LogP contribution in [0.2, 0.25) is 5.02 Å². The van der Waals surface area contributed by atoms with Crippen LogP contribution in [0.4, 0.5) is 4.39 Å². The number of carbonyl (C=O) groups is 2. The first-order valence-corrected chi connectivity index (χ1v) is 6.80. The van der Waals surface area contributed by atoms with Gasteiger partial charge in [0.2, 0.25) is 6.41 Å². The lowest BCUT2D eigenvalue weighted by atomic mass is 10.0. The van der Waals surface area contributed by atoms with Gasteiger partial charge in [-0.2, -0.15) is 0 Å². The highest BCUT2D eigenvalue weighted by Crippen LogP contribution is 2.22. The minimum Gasteiger partial charge on any atom is -0.398 e. The van der Waals surface area contributed by atoms with Crippen LogP contribution in [-0.2, 0) is 9.59 Å². The Balaban J connectivity index is 2.49. The number of hydrogen-bond donors (Lipinski definition) is 2. The van der Waals surface area contributed by atoms with Crippen LogP contribution in [0.5, 0.6) is 0 Å². The topological polar surface area (TPSA) is 102 Å². The normalized spacial score (nSPS) is 15.9. The standard InChI is InChI=1S/C14H14ClFN4O2/c15-9-5-8(1-2-10(9)16)13(17)12(14(18)22)11-6-20(7-21)4-3-19-11/h1-2,5,7H,3-4,6,17H2,(H2,18,22). The highest BCUT2D eigenvalue weighted by Gasteiger charge is 2.23. The van der Waals surface area contributed by atoms with E-state index in [-0.39, 0.29) is 22.8 Å². The molecule has 0 fully saturated rings. The molecule has 1 aromatic carbocycles. The lowest BCUT2D eigenvalue weighted by molar-refractivity contribution is -0.118. The van der Waals surface area contributed by atoms with Gasteiger partial charge in [0, 0.05) is 6.54 Å². The minimum atomic E-state index is -0.774. The molecule has 8 heteroatoms. The molecule has 2 rings (SSSR count). The van der Waals surface area contributed by atoms with E-state index in [4.69, 9.17) is 23.1 Å². The van der Waals surface area contributed by atoms with Crippen LogP contribution in [0.15, 0.2) is 28.8 Å². The zero-order valence-corrected chi connectivity index (χ0v) is 12.3. The van der Waals surface area contributed by atoms with Crippen molar-refractivity contribution in [3.63, 3.8) is 0 Å². The highest BCUT2D eigenvalue weighted by molar-refractivity contribution is 6.31. The number of carbonyl (C=O) groups excluding carboxylic acids is 2. The smallest absolute Gasteiger partial charge is 0.252 e. The molecule has 0 aliphatic carbocycles. The van der Waals surface area contributed by atoms with E-state index in [2.05, 4.69) is 4.99 Å². The Labute approximate surface area is 131 Å². The fraction of sp³-hybridized carbons (Fsp3) is 0.214. The maximum absolute atomic E-state index is 13.2. The largest absolute Gasteiger partial charge is 0.398 e. The summed E-state index contributed by atoms with van der Waals surface area (Å²) in [5.41, 5.74) is 12.1. The average Bonchev–Trinajstić information content (AvgIpc) is 2.50. The molecule has 0 saturated carbocycles. The van der Waals surface area contributed by atoms with Crippen molar-refractivity contribution in [1.82, 2.24) is 4.90 Å². The molecule has 0 aromatic heterocycles. The van der Waals surface area contributed by atoms with E-state index >= 15 is 0 Å². The molecule has 22 heavy (non-hydrogen) atoms. The van der Waals surface area contributed by atoms with Gasteiger partial charge in [0.1, 0.15) is 5.82 Å². The van der Waals surface area contributed by atoms with E-state index in [1.807, 2.05) is 0 Å². The first kappa shape index (κ1) is 16.0. The van der Waals surface area contributed by atoms with E-state index in [0.717, 1.165) is 6.07 Å². The van der Waals surface area contributed by atoms with Crippen molar-refractivity contribution in [2.24, 2.45) is 16.5 Å². The van der Waals surface area contributed by atoms with Gasteiger partial charge in [0.25, 0.3) is 5.91 Å². The molecule has 0 saturated heterocycles. The number of nitrogens with two attached hydrogens (primary N) is 2. The number of amides is 2. The van der Waals surface area contributed by atoms with Gasteiger partial charge in [-0.05, 0) is 23.8 Å². The summed E-state index contributed by atoms with van der Waals surface area (Å²) in [7, 11) is 0.